The molecule has 0 aromatic heterocycles. The number of rotatable bonds is 3. The number of thioether (sulfide) groups is 1. The van der Waals surface area contributed by atoms with Gasteiger partial charge in [-0.05, 0) is 36.4 Å². The molecule has 0 N–H and O–H groups in total. The molecule has 2 atom stereocenters. The van der Waals surface area contributed by atoms with Crippen LogP contribution in [-0.2, 0) is 14.6 Å². The number of sulfone groups is 1. The predicted molar refractivity (Wildman–Crippen MR) is 107 cm³/mol. The van der Waals surface area contributed by atoms with Crippen LogP contribution < -0.4 is 9.64 Å². The van der Waals surface area contributed by atoms with Crippen LogP contribution in [0.4, 0.5) is 5.69 Å². The maximum atomic E-state index is 12.0. The summed E-state index contributed by atoms with van der Waals surface area (Å²) in [6.45, 7) is 1.40. The molecular formula is C19H18N2O4S2. The summed E-state index contributed by atoms with van der Waals surface area (Å²) in [6.07, 6.45) is 0. The Morgan fingerprint density at radius 2 is 1.74 bits per heavy atom. The van der Waals surface area contributed by atoms with Crippen molar-refractivity contribution in [3.8, 4) is 11.5 Å². The molecule has 0 spiro atoms. The molecule has 2 aromatic rings. The Labute approximate surface area is 162 Å². The zero-order valence-corrected chi connectivity index (χ0v) is 16.2. The number of ether oxygens (including phenoxy) is 1. The molecule has 0 bridgehead atoms. The molecule has 140 valence electrons. The first-order valence-corrected chi connectivity index (χ1v) is 11.2. The van der Waals surface area contributed by atoms with E-state index >= 15 is 0 Å². The van der Waals surface area contributed by atoms with Crippen LogP contribution in [-0.4, -0.2) is 42.3 Å². The average Bonchev–Trinajstić information content (AvgIpc) is 3.07. The van der Waals surface area contributed by atoms with E-state index in [-0.39, 0.29) is 28.7 Å². The smallest absolute Gasteiger partial charge is 0.244 e. The Balaban J connectivity index is 1.62. The molecule has 6 nitrogen and oxygen atoms in total. The summed E-state index contributed by atoms with van der Waals surface area (Å²) in [5.74, 6) is 1.31. The molecule has 2 saturated heterocycles. The molecular weight excluding hydrogens is 384 g/mol. The number of fused-ring (bicyclic) bond motifs is 1. The average molecular weight is 402 g/mol. The van der Waals surface area contributed by atoms with Crippen LogP contribution in [0.5, 0.6) is 11.5 Å². The molecule has 27 heavy (non-hydrogen) atoms. The van der Waals surface area contributed by atoms with Gasteiger partial charge >= 0.3 is 0 Å². The van der Waals surface area contributed by atoms with Gasteiger partial charge in [0.25, 0.3) is 0 Å². The van der Waals surface area contributed by atoms with Gasteiger partial charge in [-0.15, -0.1) is 0 Å². The van der Waals surface area contributed by atoms with Crippen molar-refractivity contribution in [2.24, 2.45) is 4.99 Å². The Hall–Kier alpha value is -2.32. The number of aliphatic imine (C=N–C) groups is 1. The number of para-hydroxylation sites is 1. The fourth-order valence-electron chi connectivity index (χ4n) is 3.30. The molecule has 8 heteroatoms. The highest BCUT2D eigenvalue weighted by Crippen LogP contribution is 2.41. The SMILES string of the molecule is CC(=O)N=C1SC2CS(=O)(=O)CC2N1c1ccc(Oc2ccccc2)cc1. The fourth-order valence-corrected chi connectivity index (χ4v) is 7.26. The van der Waals surface area contributed by atoms with Gasteiger partial charge < -0.3 is 9.64 Å². The monoisotopic (exact) mass is 402 g/mol. The van der Waals surface area contributed by atoms with Crippen LogP contribution >= 0.6 is 11.8 Å². The van der Waals surface area contributed by atoms with E-state index in [4.69, 9.17) is 4.74 Å². The Kier molecular flexibility index (Phi) is 4.69. The van der Waals surface area contributed by atoms with Crippen molar-refractivity contribution in [2.45, 2.75) is 18.2 Å². The number of hydrogen-bond acceptors (Lipinski definition) is 5. The van der Waals surface area contributed by atoms with Crippen LogP contribution in [0.15, 0.2) is 59.6 Å². The summed E-state index contributed by atoms with van der Waals surface area (Å²) in [5.41, 5.74) is 0.799. The van der Waals surface area contributed by atoms with Crippen LogP contribution in [0, 0.1) is 0 Å². The van der Waals surface area contributed by atoms with Crippen molar-refractivity contribution in [3.05, 3.63) is 54.6 Å². The molecule has 0 aliphatic carbocycles. The van der Waals surface area contributed by atoms with E-state index in [1.165, 1.54) is 18.7 Å². The molecule has 2 aliphatic rings. The highest BCUT2D eigenvalue weighted by Gasteiger charge is 2.49. The van der Waals surface area contributed by atoms with Crippen LogP contribution in [0.3, 0.4) is 0 Å². The number of hydrogen-bond donors (Lipinski definition) is 0. The molecule has 2 aliphatic heterocycles. The molecule has 2 heterocycles. The quantitative estimate of drug-likeness (QED) is 0.785. The Morgan fingerprint density at radius 3 is 2.41 bits per heavy atom. The predicted octanol–water partition coefficient (Wildman–Crippen LogP) is 3.10. The van der Waals surface area contributed by atoms with Crippen molar-refractivity contribution < 1.29 is 17.9 Å². The Bertz CT molecular complexity index is 988. The lowest BCUT2D eigenvalue weighted by Gasteiger charge is -2.24. The first kappa shape index (κ1) is 18.1. The molecule has 2 fully saturated rings. The van der Waals surface area contributed by atoms with Crippen molar-refractivity contribution in [2.75, 3.05) is 16.4 Å². The third-order valence-electron chi connectivity index (χ3n) is 4.41. The normalized spacial score (nSPS) is 24.8. The molecule has 1 amide bonds. The lowest BCUT2D eigenvalue weighted by atomic mass is 10.2. The summed E-state index contributed by atoms with van der Waals surface area (Å²) in [4.78, 5) is 17.5. The van der Waals surface area contributed by atoms with Gasteiger partial charge in [0.1, 0.15) is 11.5 Å². The van der Waals surface area contributed by atoms with E-state index in [1.54, 1.807) is 0 Å². The molecule has 4 rings (SSSR count). The molecule has 0 saturated carbocycles. The van der Waals surface area contributed by atoms with Gasteiger partial charge in [-0.2, -0.15) is 4.99 Å². The highest BCUT2D eigenvalue weighted by atomic mass is 32.2. The fraction of sp³-hybridized carbons (Fsp3) is 0.263. The standard InChI is InChI=1S/C19H18N2O4S2/c1-13(22)20-19-21(17-11-27(23,24)12-18(17)26-19)14-7-9-16(10-8-14)25-15-5-3-2-4-6-15/h2-10,17-18H,11-12H2,1H3. The second-order valence-electron chi connectivity index (χ2n) is 6.49. The van der Waals surface area contributed by atoms with E-state index in [9.17, 15) is 13.2 Å². The second kappa shape index (κ2) is 7.01. The summed E-state index contributed by atoms with van der Waals surface area (Å²) < 4.78 is 29.9. The van der Waals surface area contributed by atoms with E-state index < -0.39 is 9.84 Å². The van der Waals surface area contributed by atoms with E-state index in [2.05, 4.69) is 4.99 Å². The largest absolute Gasteiger partial charge is 0.457 e. The second-order valence-corrected chi connectivity index (χ2v) is 9.85. The van der Waals surface area contributed by atoms with Gasteiger partial charge in [0.05, 0.1) is 17.5 Å². The summed E-state index contributed by atoms with van der Waals surface area (Å²) in [5, 5.41) is 0.456. The number of carbonyl (C=O) groups excluding carboxylic acids is 1. The topological polar surface area (TPSA) is 76.0 Å². The molecule has 2 unspecified atom stereocenters. The lowest BCUT2D eigenvalue weighted by molar-refractivity contribution is -0.115. The van der Waals surface area contributed by atoms with Crippen LogP contribution in [0.25, 0.3) is 0 Å². The highest BCUT2D eigenvalue weighted by molar-refractivity contribution is 8.16. The number of amidine groups is 1. The van der Waals surface area contributed by atoms with Gasteiger partial charge in [-0.25, -0.2) is 8.42 Å². The van der Waals surface area contributed by atoms with Crippen LogP contribution in [0.2, 0.25) is 0 Å². The van der Waals surface area contributed by atoms with E-state index in [0.717, 1.165) is 11.4 Å². The lowest BCUT2D eigenvalue weighted by Crippen LogP contribution is -2.37. The van der Waals surface area contributed by atoms with Crippen molar-refractivity contribution in [1.29, 1.82) is 0 Å². The first-order valence-electron chi connectivity index (χ1n) is 8.50. The van der Waals surface area contributed by atoms with Gasteiger partial charge in [0.2, 0.25) is 5.91 Å². The first-order chi connectivity index (χ1) is 12.9. The minimum atomic E-state index is -3.07. The molecule has 2 aromatic carbocycles. The third kappa shape index (κ3) is 3.86. The minimum Gasteiger partial charge on any atom is -0.457 e. The maximum absolute atomic E-state index is 12.0. The Morgan fingerprint density at radius 1 is 1.07 bits per heavy atom. The van der Waals surface area contributed by atoms with Crippen LogP contribution in [0.1, 0.15) is 6.92 Å². The van der Waals surface area contributed by atoms with Gasteiger partial charge in [-0.1, -0.05) is 30.0 Å². The van der Waals surface area contributed by atoms with Gasteiger partial charge in [0, 0.05) is 17.9 Å². The number of benzene rings is 2. The maximum Gasteiger partial charge on any atom is 0.244 e. The zero-order valence-electron chi connectivity index (χ0n) is 14.6. The van der Waals surface area contributed by atoms with Gasteiger partial charge in [-0.3, -0.25) is 4.79 Å². The summed E-state index contributed by atoms with van der Waals surface area (Å²) in [6, 6.07) is 16.6. The van der Waals surface area contributed by atoms with E-state index in [1.807, 2.05) is 59.5 Å². The van der Waals surface area contributed by atoms with Crippen molar-refractivity contribution in [3.63, 3.8) is 0 Å². The number of amides is 1. The van der Waals surface area contributed by atoms with Gasteiger partial charge in [0.15, 0.2) is 15.0 Å². The van der Waals surface area contributed by atoms with Crippen molar-refractivity contribution >= 4 is 38.4 Å². The number of anilines is 1. The third-order valence-corrected chi connectivity index (χ3v) is 7.62. The minimum absolute atomic E-state index is 0.0733. The number of carbonyl (C=O) groups is 1. The number of nitrogens with zero attached hydrogens (tertiary/aromatic N) is 2. The van der Waals surface area contributed by atoms with Crippen molar-refractivity contribution in [1.82, 2.24) is 0 Å². The molecule has 0 radical (unpaired) electrons. The summed E-state index contributed by atoms with van der Waals surface area (Å²) in [7, 11) is -3.07. The summed E-state index contributed by atoms with van der Waals surface area (Å²) >= 11 is 1.37. The zero-order chi connectivity index (χ0) is 19.0. The van der Waals surface area contributed by atoms with E-state index in [0.29, 0.717) is 10.9 Å².